The summed E-state index contributed by atoms with van der Waals surface area (Å²) >= 11 is 0. The van der Waals surface area contributed by atoms with Crippen molar-refractivity contribution in [3.63, 3.8) is 0 Å². The van der Waals surface area contributed by atoms with Gasteiger partial charge >= 0.3 is 0 Å². The molecule has 1 amide bonds. The summed E-state index contributed by atoms with van der Waals surface area (Å²) in [4.78, 5) is 25.7. The third kappa shape index (κ3) is 2.60. The van der Waals surface area contributed by atoms with Gasteiger partial charge in [-0.1, -0.05) is 0 Å². The average molecular weight is 354 g/mol. The number of fused-ring (bicyclic) bond motifs is 2. The highest BCUT2D eigenvalue weighted by molar-refractivity contribution is 5.93. The van der Waals surface area contributed by atoms with Crippen LogP contribution < -0.4 is 9.64 Å². The van der Waals surface area contributed by atoms with E-state index < -0.39 is 0 Å². The fraction of sp³-hybridized carbons (Fsp3) is 0.556. The van der Waals surface area contributed by atoms with Gasteiger partial charge in [-0.15, -0.1) is 0 Å². The Morgan fingerprint density at radius 1 is 1.15 bits per heavy atom. The normalized spacial score (nSPS) is 24.3. The number of amides is 1. The average Bonchev–Trinajstić information content (AvgIpc) is 3.33. The molecule has 5 rings (SSSR count). The molecular formula is C18H22N6O2. The van der Waals surface area contributed by atoms with Crippen molar-refractivity contribution in [1.82, 2.24) is 24.6 Å². The van der Waals surface area contributed by atoms with E-state index in [2.05, 4.69) is 20.0 Å². The zero-order valence-corrected chi connectivity index (χ0v) is 14.8. The van der Waals surface area contributed by atoms with E-state index in [4.69, 9.17) is 4.74 Å². The summed E-state index contributed by atoms with van der Waals surface area (Å²) in [5.41, 5.74) is 1.49. The third-order valence-corrected chi connectivity index (χ3v) is 5.61. The lowest BCUT2D eigenvalue weighted by Gasteiger charge is -2.22. The first kappa shape index (κ1) is 15.6. The van der Waals surface area contributed by atoms with Gasteiger partial charge < -0.3 is 14.5 Å². The van der Waals surface area contributed by atoms with Gasteiger partial charge in [-0.25, -0.2) is 14.6 Å². The largest absolute Gasteiger partial charge is 0.478 e. The van der Waals surface area contributed by atoms with Gasteiger partial charge in [0.05, 0.1) is 6.61 Å². The highest BCUT2D eigenvalue weighted by atomic mass is 16.5. The SMILES string of the molecule is Cc1cc(N2CC3CN(C(=O)c4cc5n(n4)CCCO5)CC3C2)ncn1. The van der Waals surface area contributed by atoms with Gasteiger partial charge in [-0.2, -0.15) is 5.10 Å². The van der Waals surface area contributed by atoms with Crippen LogP contribution in [-0.2, 0) is 6.54 Å². The molecule has 2 aromatic rings. The minimum Gasteiger partial charge on any atom is -0.478 e. The Morgan fingerprint density at radius 2 is 1.96 bits per heavy atom. The molecule has 8 nitrogen and oxygen atoms in total. The molecule has 3 aliphatic rings. The molecule has 5 heterocycles. The molecule has 2 unspecified atom stereocenters. The smallest absolute Gasteiger partial charge is 0.274 e. The van der Waals surface area contributed by atoms with Crippen molar-refractivity contribution in [2.24, 2.45) is 11.8 Å². The van der Waals surface area contributed by atoms with Crippen LogP contribution >= 0.6 is 0 Å². The Labute approximate surface area is 151 Å². The number of likely N-dealkylation sites (tertiary alicyclic amines) is 1. The van der Waals surface area contributed by atoms with E-state index in [1.165, 1.54) is 0 Å². The van der Waals surface area contributed by atoms with Crippen LogP contribution in [-0.4, -0.2) is 63.3 Å². The molecule has 0 aliphatic carbocycles. The van der Waals surface area contributed by atoms with Gasteiger partial charge in [0.1, 0.15) is 12.1 Å². The highest BCUT2D eigenvalue weighted by Gasteiger charge is 2.42. The quantitative estimate of drug-likeness (QED) is 0.800. The van der Waals surface area contributed by atoms with E-state index in [1.807, 2.05) is 17.9 Å². The molecule has 2 fully saturated rings. The van der Waals surface area contributed by atoms with Gasteiger partial charge in [-0.05, 0) is 6.92 Å². The van der Waals surface area contributed by atoms with Gasteiger partial charge in [0.25, 0.3) is 5.91 Å². The lowest BCUT2D eigenvalue weighted by Crippen LogP contribution is -2.33. The fourth-order valence-electron chi connectivity index (χ4n) is 4.29. The number of carbonyl (C=O) groups is 1. The maximum atomic E-state index is 12.9. The van der Waals surface area contributed by atoms with Crippen molar-refractivity contribution in [3.05, 3.63) is 29.8 Å². The third-order valence-electron chi connectivity index (χ3n) is 5.61. The monoisotopic (exact) mass is 354 g/mol. The summed E-state index contributed by atoms with van der Waals surface area (Å²) < 4.78 is 7.37. The molecule has 0 N–H and O–H groups in total. The Bertz CT molecular complexity index is 812. The molecular weight excluding hydrogens is 332 g/mol. The second-order valence-electron chi connectivity index (χ2n) is 7.45. The van der Waals surface area contributed by atoms with Crippen LogP contribution in [0.5, 0.6) is 5.88 Å². The number of anilines is 1. The summed E-state index contributed by atoms with van der Waals surface area (Å²) in [6.07, 6.45) is 2.56. The summed E-state index contributed by atoms with van der Waals surface area (Å²) in [5.74, 6) is 2.70. The van der Waals surface area contributed by atoms with E-state index in [9.17, 15) is 4.79 Å². The minimum absolute atomic E-state index is 0.0225. The van der Waals surface area contributed by atoms with Crippen molar-refractivity contribution in [2.45, 2.75) is 19.9 Å². The molecule has 26 heavy (non-hydrogen) atoms. The Kier molecular flexibility index (Phi) is 3.58. The van der Waals surface area contributed by atoms with Crippen LogP contribution in [0.3, 0.4) is 0 Å². The number of aryl methyl sites for hydroxylation is 2. The van der Waals surface area contributed by atoms with Crippen LogP contribution in [0.1, 0.15) is 22.6 Å². The fourth-order valence-corrected chi connectivity index (χ4v) is 4.29. The lowest BCUT2D eigenvalue weighted by molar-refractivity contribution is 0.0775. The molecule has 136 valence electrons. The predicted octanol–water partition coefficient (Wildman–Crippen LogP) is 0.972. The van der Waals surface area contributed by atoms with Crippen molar-refractivity contribution in [2.75, 3.05) is 37.7 Å². The summed E-state index contributed by atoms with van der Waals surface area (Å²) in [7, 11) is 0. The van der Waals surface area contributed by atoms with E-state index in [0.717, 1.165) is 50.7 Å². The van der Waals surface area contributed by atoms with E-state index in [0.29, 0.717) is 30.0 Å². The molecule has 8 heteroatoms. The van der Waals surface area contributed by atoms with Gasteiger partial charge in [-0.3, -0.25) is 4.79 Å². The second-order valence-corrected chi connectivity index (χ2v) is 7.45. The number of rotatable bonds is 2. The van der Waals surface area contributed by atoms with Crippen LogP contribution in [0.15, 0.2) is 18.5 Å². The Balaban J connectivity index is 1.26. The summed E-state index contributed by atoms with van der Waals surface area (Å²) in [6.45, 7) is 6.95. The number of hydrogen-bond acceptors (Lipinski definition) is 6. The first-order chi connectivity index (χ1) is 12.7. The molecule has 0 saturated carbocycles. The highest BCUT2D eigenvalue weighted by Crippen LogP contribution is 2.34. The van der Waals surface area contributed by atoms with E-state index in [1.54, 1.807) is 17.1 Å². The molecule has 0 aromatic carbocycles. The number of nitrogens with zero attached hydrogens (tertiary/aromatic N) is 6. The van der Waals surface area contributed by atoms with Crippen LogP contribution in [0.4, 0.5) is 5.82 Å². The van der Waals surface area contributed by atoms with E-state index in [-0.39, 0.29) is 5.91 Å². The molecule has 3 aliphatic heterocycles. The number of carbonyl (C=O) groups excluding carboxylic acids is 1. The first-order valence-electron chi connectivity index (χ1n) is 9.21. The first-order valence-corrected chi connectivity index (χ1v) is 9.21. The van der Waals surface area contributed by atoms with Crippen molar-refractivity contribution >= 4 is 11.7 Å². The topological polar surface area (TPSA) is 76.4 Å². The molecule has 0 radical (unpaired) electrons. The zero-order valence-electron chi connectivity index (χ0n) is 14.8. The summed E-state index contributed by atoms with van der Waals surface area (Å²) in [6, 6.07) is 3.81. The molecule has 2 atom stereocenters. The standard InChI is InChI=1S/C18H22N6O2/c1-12-5-16(20-11-19-12)22-7-13-9-23(10-14(13)8-22)18(25)15-6-17-24(21-15)3-2-4-26-17/h5-6,11,13-14H,2-4,7-10H2,1H3. The van der Waals surface area contributed by atoms with Gasteiger partial charge in [0.2, 0.25) is 5.88 Å². The Hall–Kier alpha value is -2.64. The maximum Gasteiger partial charge on any atom is 0.274 e. The van der Waals surface area contributed by atoms with Gasteiger partial charge in [0.15, 0.2) is 5.69 Å². The summed E-state index contributed by atoms with van der Waals surface area (Å²) in [5, 5.41) is 4.43. The van der Waals surface area contributed by atoms with Crippen LogP contribution in [0, 0.1) is 18.8 Å². The Morgan fingerprint density at radius 3 is 2.69 bits per heavy atom. The molecule has 0 spiro atoms. The molecule has 0 bridgehead atoms. The van der Waals surface area contributed by atoms with E-state index >= 15 is 0 Å². The lowest BCUT2D eigenvalue weighted by atomic mass is 10.0. The van der Waals surface area contributed by atoms with Crippen molar-refractivity contribution in [1.29, 1.82) is 0 Å². The number of hydrogen-bond donors (Lipinski definition) is 0. The number of ether oxygens (including phenoxy) is 1. The molecule has 2 aromatic heterocycles. The van der Waals surface area contributed by atoms with Gasteiger partial charge in [0, 0.05) is 68.8 Å². The van der Waals surface area contributed by atoms with Crippen LogP contribution in [0.2, 0.25) is 0 Å². The minimum atomic E-state index is 0.0225. The number of aromatic nitrogens is 4. The van der Waals surface area contributed by atoms with Crippen LogP contribution in [0.25, 0.3) is 0 Å². The maximum absolute atomic E-state index is 12.9. The predicted molar refractivity (Wildman–Crippen MR) is 94.2 cm³/mol. The van der Waals surface area contributed by atoms with Crippen molar-refractivity contribution < 1.29 is 9.53 Å². The molecule has 2 saturated heterocycles. The zero-order chi connectivity index (χ0) is 17.7. The van der Waals surface area contributed by atoms with Crippen molar-refractivity contribution in [3.8, 4) is 5.88 Å². The second kappa shape index (κ2) is 5.96.